The van der Waals surface area contributed by atoms with E-state index in [9.17, 15) is 9.59 Å². The van der Waals surface area contributed by atoms with E-state index in [0.29, 0.717) is 16.8 Å². The number of nitrogens with one attached hydrogen (secondary N) is 2. The molecular weight excluding hydrogens is 366 g/mol. The third-order valence-electron chi connectivity index (χ3n) is 4.76. The van der Waals surface area contributed by atoms with Crippen molar-refractivity contribution in [2.24, 2.45) is 0 Å². The number of carbonyl (C=O) groups is 1. The second-order valence-electron chi connectivity index (χ2n) is 6.43. The summed E-state index contributed by atoms with van der Waals surface area (Å²) < 4.78 is 1.22. The zero-order valence-corrected chi connectivity index (χ0v) is 15.4. The van der Waals surface area contributed by atoms with E-state index >= 15 is 0 Å². The number of rotatable bonds is 3. The van der Waals surface area contributed by atoms with Crippen LogP contribution in [0.15, 0.2) is 34.4 Å². The first kappa shape index (κ1) is 15.7. The highest BCUT2D eigenvalue weighted by molar-refractivity contribution is 7.18. The van der Waals surface area contributed by atoms with Crippen molar-refractivity contribution in [1.82, 2.24) is 15.3 Å². The number of benzene rings is 1. The fraction of sp³-hybridized carbons (Fsp3) is 0.211. The van der Waals surface area contributed by atoms with E-state index in [4.69, 9.17) is 0 Å². The lowest BCUT2D eigenvalue weighted by atomic mass is 10.1. The Morgan fingerprint density at radius 2 is 2.19 bits per heavy atom. The smallest absolute Gasteiger partial charge is 0.287 e. The molecule has 1 amide bonds. The number of hydrogen-bond acceptors (Lipinski definition) is 5. The summed E-state index contributed by atoms with van der Waals surface area (Å²) in [4.78, 5) is 33.9. The van der Waals surface area contributed by atoms with Crippen molar-refractivity contribution in [2.75, 3.05) is 0 Å². The van der Waals surface area contributed by atoms with Crippen LogP contribution in [0, 0.1) is 0 Å². The quantitative estimate of drug-likeness (QED) is 0.569. The van der Waals surface area contributed by atoms with Crippen LogP contribution in [0.4, 0.5) is 0 Å². The van der Waals surface area contributed by atoms with Crippen LogP contribution in [0.3, 0.4) is 0 Å². The second kappa shape index (κ2) is 6.03. The predicted molar refractivity (Wildman–Crippen MR) is 105 cm³/mol. The Balaban J connectivity index is 1.40. The first-order valence-electron chi connectivity index (χ1n) is 8.48. The molecule has 130 valence electrons. The minimum atomic E-state index is -0.358. The fourth-order valence-electron chi connectivity index (χ4n) is 3.50. The Kier molecular flexibility index (Phi) is 3.65. The number of aromatic amines is 1. The number of H-pyrrole nitrogens is 1. The Hall–Kier alpha value is -2.51. The van der Waals surface area contributed by atoms with E-state index in [1.54, 1.807) is 11.3 Å². The van der Waals surface area contributed by atoms with Gasteiger partial charge in [-0.15, -0.1) is 22.7 Å². The number of amides is 1. The van der Waals surface area contributed by atoms with Gasteiger partial charge in [-0.05, 0) is 59.4 Å². The number of carbonyl (C=O) groups excluding carboxylic acids is 1. The molecule has 5 rings (SSSR count). The molecule has 2 N–H and O–H groups in total. The van der Waals surface area contributed by atoms with Gasteiger partial charge in [0.15, 0.2) is 0 Å². The van der Waals surface area contributed by atoms with Crippen molar-refractivity contribution in [3.63, 3.8) is 0 Å². The van der Waals surface area contributed by atoms with Crippen molar-refractivity contribution in [3.8, 4) is 0 Å². The SMILES string of the molecule is O=C(NCc1ccc2sccc2c1)c1nc2sc3c(c2c(=O)[nH]1)CCC3. The number of hydrogen-bond donors (Lipinski definition) is 2. The number of fused-ring (bicyclic) bond motifs is 4. The molecule has 0 fully saturated rings. The molecular formula is C19H15N3O2S2. The molecule has 1 aromatic carbocycles. The molecule has 0 bridgehead atoms. The lowest BCUT2D eigenvalue weighted by Crippen LogP contribution is -2.27. The maximum Gasteiger partial charge on any atom is 0.287 e. The fourth-order valence-corrected chi connectivity index (χ4v) is 5.53. The molecule has 1 aliphatic carbocycles. The maximum atomic E-state index is 12.5. The van der Waals surface area contributed by atoms with Gasteiger partial charge in [0, 0.05) is 16.1 Å². The lowest BCUT2D eigenvalue weighted by Gasteiger charge is -2.05. The van der Waals surface area contributed by atoms with Gasteiger partial charge < -0.3 is 10.3 Å². The molecule has 3 aromatic heterocycles. The van der Waals surface area contributed by atoms with E-state index in [2.05, 4.69) is 38.9 Å². The highest BCUT2D eigenvalue weighted by atomic mass is 32.1. The average molecular weight is 381 g/mol. The first-order chi connectivity index (χ1) is 12.7. The molecule has 0 aliphatic heterocycles. The molecule has 0 atom stereocenters. The van der Waals surface area contributed by atoms with Gasteiger partial charge in [0.2, 0.25) is 5.82 Å². The molecule has 7 heteroatoms. The Morgan fingerprint density at radius 3 is 3.12 bits per heavy atom. The van der Waals surface area contributed by atoms with Crippen LogP contribution >= 0.6 is 22.7 Å². The number of nitrogens with zero attached hydrogens (tertiary/aromatic N) is 1. The third-order valence-corrected chi connectivity index (χ3v) is 6.84. The van der Waals surface area contributed by atoms with Gasteiger partial charge in [-0.2, -0.15) is 0 Å². The van der Waals surface area contributed by atoms with Crippen molar-refractivity contribution in [2.45, 2.75) is 25.8 Å². The van der Waals surface area contributed by atoms with Crippen LogP contribution in [-0.4, -0.2) is 15.9 Å². The van der Waals surface area contributed by atoms with E-state index in [-0.39, 0.29) is 17.3 Å². The summed E-state index contributed by atoms with van der Waals surface area (Å²) in [6, 6.07) is 8.19. The average Bonchev–Trinajstić information content (AvgIpc) is 3.33. The number of aryl methyl sites for hydroxylation is 2. The molecule has 0 saturated carbocycles. The Labute approximate surface area is 156 Å². The summed E-state index contributed by atoms with van der Waals surface area (Å²) >= 11 is 3.23. The van der Waals surface area contributed by atoms with Crippen molar-refractivity contribution >= 4 is 48.9 Å². The molecule has 4 aromatic rings. The van der Waals surface area contributed by atoms with E-state index in [1.165, 1.54) is 26.3 Å². The predicted octanol–water partition coefficient (Wildman–Crippen LogP) is 3.62. The summed E-state index contributed by atoms with van der Waals surface area (Å²) in [6.07, 6.45) is 3.02. The van der Waals surface area contributed by atoms with Crippen molar-refractivity contribution in [1.29, 1.82) is 0 Å². The van der Waals surface area contributed by atoms with Crippen LogP contribution in [0.25, 0.3) is 20.3 Å². The topological polar surface area (TPSA) is 74.8 Å². The summed E-state index contributed by atoms with van der Waals surface area (Å²) in [5, 5.41) is 6.74. The van der Waals surface area contributed by atoms with Gasteiger partial charge in [-0.25, -0.2) is 4.98 Å². The normalized spacial score (nSPS) is 13.4. The van der Waals surface area contributed by atoms with E-state index in [0.717, 1.165) is 30.4 Å². The minimum Gasteiger partial charge on any atom is -0.345 e. The molecule has 0 radical (unpaired) electrons. The second-order valence-corrected chi connectivity index (χ2v) is 8.46. The molecule has 26 heavy (non-hydrogen) atoms. The van der Waals surface area contributed by atoms with Crippen molar-refractivity contribution < 1.29 is 4.79 Å². The van der Waals surface area contributed by atoms with Gasteiger partial charge in [0.1, 0.15) is 4.83 Å². The zero-order chi connectivity index (χ0) is 17.7. The largest absolute Gasteiger partial charge is 0.345 e. The highest BCUT2D eigenvalue weighted by Crippen LogP contribution is 2.34. The first-order valence-corrected chi connectivity index (χ1v) is 10.2. The van der Waals surface area contributed by atoms with E-state index in [1.807, 2.05) is 6.07 Å². The van der Waals surface area contributed by atoms with Crippen LogP contribution < -0.4 is 10.9 Å². The molecule has 0 spiro atoms. The van der Waals surface area contributed by atoms with Gasteiger partial charge in [-0.1, -0.05) is 6.07 Å². The summed E-state index contributed by atoms with van der Waals surface area (Å²) in [5.74, 6) is -0.276. The van der Waals surface area contributed by atoms with Crippen LogP contribution in [0.2, 0.25) is 0 Å². The number of aromatic nitrogens is 2. The Bertz CT molecular complexity index is 1220. The molecule has 0 saturated heterocycles. The van der Waals surface area contributed by atoms with Gasteiger partial charge in [0.05, 0.1) is 5.39 Å². The van der Waals surface area contributed by atoms with Crippen LogP contribution in [0.1, 0.15) is 33.0 Å². The third kappa shape index (κ3) is 2.55. The van der Waals surface area contributed by atoms with Crippen molar-refractivity contribution in [3.05, 3.63) is 61.8 Å². The van der Waals surface area contributed by atoms with Crippen LogP contribution in [0.5, 0.6) is 0 Å². The maximum absolute atomic E-state index is 12.5. The van der Waals surface area contributed by atoms with Gasteiger partial charge in [-0.3, -0.25) is 9.59 Å². The summed E-state index contributed by atoms with van der Waals surface area (Å²) in [7, 11) is 0. The van der Waals surface area contributed by atoms with Gasteiger partial charge >= 0.3 is 0 Å². The molecule has 5 nitrogen and oxygen atoms in total. The standard InChI is InChI=1S/C19H15N3O2S2/c23-17-15-12-2-1-3-14(12)26-19(15)22-16(21-17)18(24)20-9-10-4-5-13-11(8-10)6-7-25-13/h4-8H,1-3,9H2,(H,20,24)(H,21,22,23). The molecule has 3 heterocycles. The summed E-state index contributed by atoms with van der Waals surface area (Å²) in [5.41, 5.74) is 1.93. The zero-order valence-electron chi connectivity index (χ0n) is 13.8. The summed E-state index contributed by atoms with van der Waals surface area (Å²) in [6.45, 7) is 0.396. The monoisotopic (exact) mass is 381 g/mol. The highest BCUT2D eigenvalue weighted by Gasteiger charge is 2.22. The van der Waals surface area contributed by atoms with Crippen LogP contribution in [-0.2, 0) is 19.4 Å². The molecule has 0 unspecified atom stereocenters. The van der Waals surface area contributed by atoms with Gasteiger partial charge in [0.25, 0.3) is 11.5 Å². The minimum absolute atomic E-state index is 0.0824. The Morgan fingerprint density at radius 1 is 1.27 bits per heavy atom. The van der Waals surface area contributed by atoms with E-state index < -0.39 is 0 Å². The number of thiophene rings is 2. The molecule has 1 aliphatic rings. The lowest BCUT2D eigenvalue weighted by molar-refractivity contribution is 0.0940.